The Morgan fingerprint density at radius 3 is 2.70 bits per heavy atom. The van der Waals surface area contributed by atoms with Crippen molar-refractivity contribution in [1.82, 2.24) is 20.0 Å². The lowest BCUT2D eigenvalue weighted by Crippen LogP contribution is -2.61. The molecule has 146 valence electrons. The van der Waals surface area contributed by atoms with E-state index in [2.05, 4.69) is 21.2 Å². The molecule has 12 heteroatoms. The van der Waals surface area contributed by atoms with Gasteiger partial charge >= 0.3 is 12.1 Å². The Labute approximate surface area is 152 Å². The smallest absolute Gasteiger partial charge is 0.329 e. The van der Waals surface area contributed by atoms with E-state index in [0.717, 1.165) is 9.75 Å². The third kappa shape index (κ3) is 3.43. The predicted molar refractivity (Wildman–Crippen MR) is 88.5 cm³/mol. The Balaban J connectivity index is 2.09. The molecule has 9 nitrogen and oxygen atoms in total. The number of anilines is 2. The molecule has 0 amide bonds. The molecular weight excluding hydrogens is 369 g/mol. The molecule has 0 saturated carbocycles. The fraction of sp³-hybridized carbons (Fsp3) is 0.533. The first-order valence-corrected chi connectivity index (χ1v) is 8.05. The van der Waals surface area contributed by atoms with Crippen molar-refractivity contribution in [2.45, 2.75) is 12.5 Å². The van der Waals surface area contributed by atoms with Crippen molar-refractivity contribution in [3.8, 4) is 12.3 Å². The van der Waals surface area contributed by atoms with Crippen LogP contribution in [0.4, 0.5) is 24.5 Å². The van der Waals surface area contributed by atoms with E-state index in [-0.39, 0.29) is 17.9 Å². The summed E-state index contributed by atoms with van der Waals surface area (Å²) in [6, 6.07) is 0. The molecule has 0 radical (unpaired) electrons. The van der Waals surface area contributed by atoms with E-state index in [9.17, 15) is 22.8 Å². The first-order valence-electron chi connectivity index (χ1n) is 8.05. The third-order valence-electron chi connectivity index (χ3n) is 4.26. The minimum Gasteiger partial charge on any atom is -0.329 e. The van der Waals surface area contributed by atoms with Crippen LogP contribution in [-0.4, -0.2) is 65.8 Å². The van der Waals surface area contributed by atoms with Crippen LogP contribution < -0.4 is 20.8 Å². The number of hydroxylamine groups is 1. The lowest BCUT2D eigenvalue weighted by Gasteiger charge is -2.40. The maximum Gasteiger partial charge on any atom is 0.493 e. The quantitative estimate of drug-likeness (QED) is 0.680. The number of terminal acetylenes is 1. The van der Waals surface area contributed by atoms with Crippen LogP contribution in [0.1, 0.15) is 0 Å². The highest BCUT2D eigenvalue weighted by molar-refractivity contribution is 5.80. The van der Waals surface area contributed by atoms with Gasteiger partial charge in [0.2, 0.25) is 0 Å². The molecular formula is C15H17F3N6O3. The monoisotopic (exact) mass is 386 g/mol. The summed E-state index contributed by atoms with van der Waals surface area (Å²) in [7, 11) is 1.40. The van der Waals surface area contributed by atoms with Crippen LogP contribution in [0, 0.1) is 12.3 Å². The van der Waals surface area contributed by atoms with Gasteiger partial charge < -0.3 is 15.1 Å². The number of aryl methyl sites for hydroxylation is 1. The van der Waals surface area contributed by atoms with Crippen molar-refractivity contribution in [2.75, 3.05) is 42.7 Å². The summed E-state index contributed by atoms with van der Waals surface area (Å²) in [4.78, 5) is 31.9. The van der Waals surface area contributed by atoms with Gasteiger partial charge in [-0.2, -0.15) is 23.3 Å². The number of carbonyl (C=O) groups excluding carboxylic acids is 1. The van der Waals surface area contributed by atoms with Gasteiger partial charge in [-0.25, -0.2) is 9.48 Å². The highest BCUT2D eigenvalue weighted by Crippen LogP contribution is 2.38. The van der Waals surface area contributed by atoms with Crippen LogP contribution in [-0.2, 0) is 16.7 Å². The molecule has 2 aliphatic heterocycles. The van der Waals surface area contributed by atoms with Crippen LogP contribution >= 0.6 is 0 Å². The van der Waals surface area contributed by atoms with Crippen LogP contribution in [0.2, 0.25) is 0 Å². The molecule has 3 heterocycles. The number of fused-ring (bicyclic) bond motifs is 1. The second-order valence-electron chi connectivity index (χ2n) is 5.97. The summed E-state index contributed by atoms with van der Waals surface area (Å²) in [6.45, 7) is 1.99. The Bertz CT molecular complexity index is 828. The highest BCUT2D eigenvalue weighted by atomic mass is 19.4. The molecule has 1 saturated heterocycles. The number of hydrogen-bond donors (Lipinski definition) is 1. The van der Waals surface area contributed by atoms with E-state index >= 15 is 0 Å². The number of nitrogens with one attached hydrogen (secondary N) is 1. The number of alkyl halides is 3. The first kappa shape index (κ1) is 19.0. The minimum atomic E-state index is -5.19. The largest absolute Gasteiger partial charge is 0.493 e. The van der Waals surface area contributed by atoms with Gasteiger partial charge in [0, 0.05) is 33.2 Å². The summed E-state index contributed by atoms with van der Waals surface area (Å²) in [5.41, 5.74) is -0.577. The van der Waals surface area contributed by atoms with Crippen molar-refractivity contribution >= 4 is 17.3 Å². The molecule has 3 rings (SSSR count). The molecule has 1 fully saturated rings. The first-order chi connectivity index (χ1) is 12.8. The standard InChI is InChI=1S/C15H17F3N6O3/c1-3-6-23-11-10(9-20-21(2)12(11)25)24(27-13(26)15(16,17)18)14(23)22-7-4-19-5-8-22/h1,9,14,19H,4-8H2,2H3. The van der Waals surface area contributed by atoms with E-state index < -0.39 is 24.0 Å². The van der Waals surface area contributed by atoms with Gasteiger partial charge in [0.1, 0.15) is 11.4 Å². The molecule has 1 unspecified atom stereocenters. The summed E-state index contributed by atoms with van der Waals surface area (Å²) >= 11 is 0. The van der Waals surface area contributed by atoms with Gasteiger partial charge in [-0.1, -0.05) is 5.92 Å². The zero-order chi connectivity index (χ0) is 19.8. The van der Waals surface area contributed by atoms with Gasteiger partial charge in [0.25, 0.3) is 5.56 Å². The molecule has 0 bridgehead atoms. The number of halogens is 3. The normalized spacial score (nSPS) is 20.3. The number of nitrogens with zero attached hydrogens (tertiary/aromatic N) is 5. The zero-order valence-electron chi connectivity index (χ0n) is 14.4. The summed E-state index contributed by atoms with van der Waals surface area (Å²) in [6.07, 6.45) is 0.402. The third-order valence-corrected chi connectivity index (χ3v) is 4.26. The Morgan fingerprint density at radius 1 is 1.44 bits per heavy atom. The lowest BCUT2D eigenvalue weighted by molar-refractivity contribution is -0.203. The Kier molecular flexibility index (Phi) is 4.99. The van der Waals surface area contributed by atoms with Gasteiger partial charge in [0.05, 0.1) is 12.7 Å². The molecule has 1 aromatic heterocycles. The zero-order valence-corrected chi connectivity index (χ0v) is 14.4. The average Bonchev–Trinajstić information content (AvgIpc) is 2.92. The molecule has 2 aliphatic rings. The molecule has 0 aliphatic carbocycles. The van der Waals surface area contributed by atoms with Gasteiger partial charge in [-0.15, -0.1) is 6.42 Å². The summed E-state index contributed by atoms with van der Waals surface area (Å²) < 4.78 is 39.4. The molecule has 27 heavy (non-hydrogen) atoms. The van der Waals surface area contributed by atoms with Crippen LogP contribution in [0.15, 0.2) is 11.0 Å². The lowest BCUT2D eigenvalue weighted by atomic mass is 10.3. The second kappa shape index (κ2) is 7.09. The number of piperazine rings is 1. The van der Waals surface area contributed by atoms with Crippen LogP contribution in [0.3, 0.4) is 0 Å². The minimum absolute atomic E-state index is 0.0314. The molecule has 1 aromatic rings. The Hall–Kier alpha value is -2.78. The topological polar surface area (TPSA) is 82.9 Å². The van der Waals surface area contributed by atoms with Gasteiger partial charge in [0.15, 0.2) is 6.29 Å². The fourth-order valence-corrected chi connectivity index (χ4v) is 3.07. The summed E-state index contributed by atoms with van der Waals surface area (Å²) in [5.74, 6) is 0.00428. The maximum absolute atomic E-state index is 12.8. The highest BCUT2D eigenvalue weighted by Gasteiger charge is 2.49. The van der Waals surface area contributed by atoms with Crippen molar-refractivity contribution in [1.29, 1.82) is 0 Å². The van der Waals surface area contributed by atoms with E-state index in [0.29, 0.717) is 26.2 Å². The van der Waals surface area contributed by atoms with E-state index in [4.69, 9.17) is 6.42 Å². The number of hydrogen-bond acceptors (Lipinski definition) is 8. The Morgan fingerprint density at radius 2 is 2.11 bits per heavy atom. The van der Waals surface area contributed by atoms with Crippen molar-refractivity contribution in [2.24, 2.45) is 7.05 Å². The number of carbonyl (C=O) groups is 1. The van der Waals surface area contributed by atoms with E-state index in [1.807, 2.05) is 0 Å². The number of aromatic nitrogens is 2. The molecule has 0 spiro atoms. The molecule has 1 atom stereocenters. The SMILES string of the molecule is C#CCN1c2c(cnn(C)c2=O)N(OC(=O)C(F)(F)F)C1N1CCNCC1. The van der Waals surface area contributed by atoms with Crippen LogP contribution in [0.5, 0.6) is 0 Å². The molecule has 0 aromatic carbocycles. The average molecular weight is 386 g/mol. The van der Waals surface area contributed by atoms with Crippen molar-refractivity contribution in [3.63, 3.8) is 0 Å². The second-order valence-corrected chi connectivity index (χ2v) is 5.97. The van der Waals surface area contributed by atoms with Crippen LogP contribution in [0.25, 0.3) is 0 Å². The fourth-order valence-electron chi connectivity index (χ4n) is 3.07. The van der Waals surface area contributed by atoms with Gasteiger partial charge in [-0.3, -0.25) is 9.69 Å². The van der Waals surface area contributed by atoms with E-state index in [1.165, 1.54) is 18.1 Å². The maximum atomic E-state index is 12.8. The van der Waals surface area contributed by atoms with Crippen molar-refractivity contribution < 1.29 is 22.8 Å². The van der Waals surface area contributed by atoms with E-state index in [1.54, 1.807) is 4.90 Å². The number of rotatable bonds is 3. The van der Waals surface area contributed by atoms with Gasteiger partial charge in [-0.05, 0) is 0 Å². The van der Waals surface area contributed by atoms with Crippen molar-refractivity contribution in [3.05, 3.63) is 16.6 Å². The summed E-state index contributed by atoms with van der Waals surface area (Å²) in [5, 5.41) is 7.71. The molecule has 1 N–H and O–H groups in total. The predicted octanol–water partition coefficient (Wildman–Crippen LogP) is -0.751.